The molecule has 0 radical (unpaired) electrons. The number of nitrogens with zero attached hydrogens (tertiary/aromatic N) is 1. The first kappa shape index (κ1) is 10.9. The monoisotopic (exact) mass is 226 g/mol. The lowest BCUT2D eigenvalue weighted by Gasteiger charge is -2.10. The third kappa shape index (κ3) is 2.49. The Hall–Kier alpha value is -0.610. The molecule has 1 aromatic heterocycles. The van der Waals surface area contributed by atoms with E-state index in [2.05, 4.69) is 16.5 Å². The van der Waals surface area contributed by atoms with Gasteiger partial charge in [-0.15, -0.1) is 0 Å². The van der Waals surface area contributed by atoms with E-state index < -0.39 is 0 Å². The van der Waals surface area contributed by atoms with Crippen LogP contribution in [0.4, 0.5) is 0 Å². The van der Waals surface area contributed by atoms with Crippen LogP contribution in [0.15, 0.2) is 6.20 Å². The summed E-state index contributed by atoms with van der Waals surface area (Å²) in [5.74, 6) is 0.728. The molecule has 0 spiro atoms. The van der Waals surface area contributed by atoms with Crippen LogP contribution >= 0.6 is 12.2 Å². The van der Waals surface area contributed by atoms with Gasteiger partial charge in [0.25, 0.3) is 0 Å². The molecule has 1 atom stereocenters. The van der Waals surface area contributed by atoms with Crippen molar-refractivity contribution in [1.29, 1.82) is 0 Å². The van der Waals surface area contributed by atoms with E-state index in [4.69, 9.17) is 17.0 Å². The van der Waals surface area contributed by atoms with E-state index >= 15 is 0 Å². The molecule has 2 heterocycles. The van der Waals surface area contributed by atoms with Gasteiger partial charge in [0.15, 0.2) is 4.77 Å². The Bertz CT molecular complexity index is 363. The smallest absolute Gasteiger partial charge is 0.177 e. The molecule has 2 rings (SSSR count). The number of imidazole rings is 1. The van der Waals surface area contributed by atoms with Crippen molar-refractivity contribution < 1.29 is 4.74 Å². The number of aryl methyl sites for hydroxylation is 1. The van der Waals surface area contributed by atoms with Crippen molar-refractivity contribution in [3.05, 3.63) is 16.7 Å². The first-order valence-corrected chi connectivity index (χ1v) is 6.07. The van der Waals surface area contributed by atoms with Crippen LogP contribution in [-0.4, -0.2) is 22.8 Å². The highest BCUT2D eigenvalue weighted by Crippen LogP contribution is 2.17. The number of ether oxygens (including phenoxy) is 1. The van der Waals surface area contributed by atoms with Crippen molar-refractivity contribution in [2.24, 2.45) is 5.92 Å². The molecular weight excluding hydrogens is 208 g/mol. The van der Waals surface area contributed by atoms with E-state index in [1.54, 1.807) is 0 Å². The zero-order valence-electron chi connectivity index (χ0n) is 9.16. The van der Waals surface area contributed by atoms with Crippen LogP contribution in [0.2, 0.25) is 0 Å². The summed E-state index contributed by atoms with van der Waals surface area (Å²) in [6.45, 7) is 5.05. The lowest BCUT2D eigenvalue weighted by molar-refractivity contribution is 0.183. The van der Waals surface area contributed by atoms with Crippen molar-refractivity contribution in [2.45, 2.75) is 32.7 Å². The molecule has 0 aliphatic carbocycles. The maximum absolute atomic E-state index is 5.37. The van der Waals surface area contributed by atoms with E-state index in [0.29, 0.717) is 0 Å². The summed E-state index contributed by atoms with van der Waals surface area (Å²) < 4.78 is 8.44. The summed E-state index contributed by atoms with van der Waals surface area (Å²) in [6, 6.07) is 0. The van der Waals surface area contributed by atoms with Gasteiger partial charge in [-0.05, 0) is 37.4 Å². The first-order valence-electron chi connectivity index (χ1n) is 5.66. The molecule has 4 heteroatoms. The first-order chi connectivity index (χ1) is 7.31. The molecule has 3 nitrogen and oxygen atoms in total. The number of nitrogens with one attached hydrogen (secondary N) is 1. The fraction of sp³-hybridized carbons (Fsp3) is 0.727. The molecule has 15 heavy (non-hydrogen) atoms. The van der Waals surface area contributed by atoms with Gasteiger partial charge in [-0.3, -0.25) is 0 Å². The van der Waals surface area contributed by atoms with Crippen LogP contribution < -0.4 is 0 Å². The Labute approximate surface area is 95.5 Å². The van der Waals surface area contributed by atoms with Crippen LogP contribution in [0.1, 0.15) is 25.5 Å². The van der Waals surface area contributed by atoms with E-state index in [1.165, 1.54) is 18.5 Å². The summed E-state index contributed by atoms with van der Waals surface area (Å²) in [7, 11) is 0. The molecule has 1 aliphatic rings. The van der Waals surface area contributed by atoms with Gasteiger partial charge in [0.05, 0.1) is 0 Å². The Morgan fingerprint density at radius 3 is 3.20 bits per heavy atom. The SMILES string of the molecule is CCc1c[nH]c(=S)n1CCC1CCOC1. The van der Waals surface area contributed by atoms with Crippen LogP contribution in [0, 0.1) is 10.7 Å². The van der Waals surface area contributed by atoms with Gasteiger partial charge in [0.2, 0.25) is 0 Å². The maximum Gasteiger partial charge on any atom is 0.177 e. The van der Waals surface area contributed by atoms with Crippen LogP contribution in [0.25, 0.3) is 0 Å². The summed E-state index contributed by atoms with van der Waals surface area (Å²) >= 11 is 5.26. The second-order valence-corrected chi connectivity index (χ2v) is 4.50. The fourth-order valence-electron chi connectivity index (χ4n) is 2.09. The van der Waals surface area contributed by atoms with Gasteiger partial charge in [-0.2, -0.15) is 0 Å². The highest BCUT2D eigenvalue weighted by atomic mass is 32.1. The zero-order chi connectivity index (χ0) is 10.7. The highest BCUT2D eigenvalue weighted by molar-refractivity contribution is 7.71. The van der Waals surface area contributed by atoms with Gasteiger partial charge >= 0.3 is 0 Å². The van der Waals surface area contributed by atoms with Gasteiger partial charge in [-0.25, -0.2) is 0 Å². The highest BCUT2D eigenvalue weighted by Gasteiger charge is 2.15. The zero-order valence-corrected chi connectivity index (χ0v) is 9.98. The number of rotatable bonds is 4. The normalized spacial score (nSPS) is 21.0. The van der Waals surface area contributed by atoms with Crippen molar-refractivity contribution >= 4 is 12.2 Å². The minimum Gasteiger partial charge on any atom is -0.381 e. The molecule has 0 amide bonds. The molecule has 1 fully saturated rings. The maximum atomic E-state index is 5.37. The predicted octanol–water partition coefficient (Wildman–Crippen LogP) is 2.53. The lowest BCUT2D eigenvalue weighted by Crippen LogP contribution is -2.08. The minimum absolute atomic E-state index is 0.728. The molecule has 0 bridgehead atoms. The van der Waals surface area contributed by atoms with Crippen LogP contribution in [0.3, 0.4) is 0 Å². The van der Waals surface area contributed by atoms with Crippen molar-refractivity contribution in [3.63, 3.8) is 0 Å². The van der Waals surface area contributed by atoms with Gasteiger partial charge < -0.3 is 14.3 Å². The Morgan fingerprint density at radius 2 is 2.53 bits per heavy atom. The number of hydrogen-bond acceptors (Lipinski definition) is 2. The molecular formula is C11H18N2OS. The van der Waals surface area contributed by atoms with E-state index in [0.717, 1.165) is 36.9 Å². The predicted molar refractivity (Wildman–Crippen MR) is 62.5 cm³/mol. The topological polar surface area (TPSA) is 29.9 Å². The number of aromatic nitrogens is 2. The number of hydrogen-bond donors (Lipinski definition) is 1. The molecule has 1 N–H and O–H groups in total. The van der Waals surface area contributed by atoms with Crippen LogP contribution in [0.5, 0.6) is 0 Å². The van der Waals surface area contributed by atoms with Crippen molar-refractivity contribution in [3.8, 4) is 0 Å². The van der Waals surface area contributed by atoms with E-state index in [9.17, 15) is 0 Å². The quantitative estimate of drug-likeness (QED) is 0.800. The fourth-order valence-corrected chi connectivity index (χ4v) is 2.36. The lowest BCUT2D eigenvalue weighted by atomic mass is 10.1. The van der Waals surface area contributed by atoms with Crippen molar-refractivity contribution in [1.82, 2.24) is 9.55 Å². The summed E-state index contributed by atoms with van der Waals surface area (Å²) in [6.07, 6.45) is 5.44. The molecule has 1 aromatic rings. The standard InChI is InChI=1S/C11H18N2OS/c1-2-10-7-12-11(15)13(10)5-3-9-4-6-14-8-9/h7,9H,2-6,8H2,1H3,(H,12,15). The van der Waals surface area contributed by atoms with Crippen molar-refractivity contribution in [2.75, 3.05) is 13.2 Å². The molecule has 0 saturated carbocycles. The van der Waals surface area contributed by atoms with Gasteiger partial charge in [0.1, 0.15) is 0 Å². The third-order valence-corrected chi connectivity index (χ3v) is 3.44. The van der Waals surface area contributed by atoms with Gasteiger partial charge in [0, 0.05) is 31.6 Å². The average molecular weight is 226 g/mol. The Kier molecular flexibility index (Phi) is 3.59. The van der Waals surface area contributed by atoms with Gasteiger partial charge in [-0.1, -0.05) is 6.92 Å². The summed E-state index contributed by atoms with van der Waals surface area (Å²) in [5, 5.41) is 0. The summed E-state index contributed by atoms with van der Waals surface area (Å²) in [5.41, 5.74) is 1.30. The Morgan fingerprint density at radius 1 is 1.67 bits per heavy atom. The molecule has 1 unspecified atom stereocenters. The summed E-state index contributed by atoms with van der Waals surface area (Å²) in [4.78, 5) is 3.11. The third-order valence-electron chi connectivity index (χ3n) is 3.10. The Balaban J connectivity index is 1.97. The second-order valence-electron chi connectivity index (χ2n) is 4.11. The van der Waals surface area contributed by atoms with E-state index in [-0.39, 0.29) is 0 Å². The molecule has 1 aliphatic heterocycles. The van der Waals surface area contributed by atoms with E-state index in [1.807, 2.05) is 6.20 Å². The average Bonchev–Trinajstić information content (AvgIpc) is 2.84. The number of aromatic amines is 1. The van der Waals surface area contributed by atoms with Crippen LogP contribution in [-0.2, 0) is 17.7 Å². The minimum atomic E-state index is 0.728. The molecule has 0 aromatic carbocycles. The second kappa shape index (κ2) is 4.94. The molecule has 1 saturated heterocycles. The largest absolute Gasteiger partial charge is 0.381 e. The molecule has 84 valence electrons. The number of H-pyrrole nitrogens is 1.